The van der Waals surface area contributed by atoms with Crippen molar-refractivity contribution in [1.82, 2.24) is 10.2 Å². The molecule has 3 aromatic rings. The minimum atomic E-state index is -3.86. The number of sulfonamides is 1. The van der Waals surface area contributed by atoms with E-state index in [2.05, 4.69) is 5.32 Å². The summed E-state index contributed by atoms with van der Waals surface area (Å²) in [4.78, 5) is 29.7. The third-order valence-electron chi connectivity index (χ3n) is 7.89. The normalized spacial score (nSPS) is 14.5. The van der Waals surface area contributed by atoms with Crippen LogP contribution in [0.3, 0.4) is 0 Å². The fraction of sp³-hybridized carbons (Fsp3) is 0.394. The minimum Gasteiger partial charge on any atom is -0.352 e. The maximum absolute atomic E-state index is 14.3. The molecule has 0 bridgehead atoms. The number of rotatable bonds is 12. The molecule has 2 amide bonds. The zero-order valence-electron chi connectivity index (χ0n) is 24.8. The maximum atomic E-state index is 14.3. The Bertz CT molecular complexity index is 1490. The molecule has 1 aliphatic carbocycles. The van der Waals surface area contributed by atoms with Crippen molar-refractivity contribution in [1.29, 1.82) is 0 Å². The van der Waals surface area contributed by atoms with Crippen molar-refractivity contribution in [3.8, 4) is 0 Å². The standard InChI is InChI=1S/C33H39Cl2N3O4S/c1-23(2)25-16-18-27(19-17-25)38(43(3,41)42)22-32(39)37(21-28-29(34)14-9-15-30(28)35)31(20-24-10-5-4-6-11-24)33(40)36-26-12-7-8-13-26/h4-6,9-11,14-19,23,26,31H,7-8,12-13,20-22H2,1-3H3,(H,36,40)/t31-/m0/s1. The van der Waals surface area contributed by atoms with Crippen LogP contribution in [0.5, 0.6) is 0 Å². The zero-order valence-corrected chi connectivity index (χ0v) is 27.1. The molecule has 0 radical (unpaired) electrons. The molecule has 0 unspecified atom stereocenters. The van der Waals surface area contributed by atoms with Crippen LogP contribution in [0.25, 0.3) is 0 Å². The summed E-state index contributed by atoms with van der Waals surface area (Å²) in [6.45, 7) is 3.53. The maximum Gasteiger partial charge on any atom is 0.244 e. The molecule has 0 aliphatic heterocycles. The van der Waals surface area contributed by atoms with Gasteiger partial charge in [-0.15, -0.1) is 0 Å². The largest absolute Gasteiger partial charge is 0.352 e. The number of nitrogens with one attached hydrogen (secondary N) is 1. The van der Waals surface area contributed by atoms with Crippen LogP contribution >= 0.6 is 23.2 Å². The van der Waals surface area contributed by atoms with E-state index in [-0.39, 0.29) is 30.8 Å². The van der Waals surface area contributed by atoms with Gasteiger partial charge >= 0.3 is 0 Å². The first-order chi connectivity index (χ1) is 20.4. The van der Waals surface area contributed by atoms with Crippen LogP contribution in [0.2, 0.25) is 10.0 Å². The lowest BCUT2D eigenvalue weighted by Crippen LogP contribution is -2.54. The molecular formula is C33H39Cl2N3O4S. The van der Waals surface area contributed by atoms with E-state index >= 15 is 0 Å². The number of carbonyl (C=O) groups excluding carboxylic acids is 2. The third kappa shape index (κ3) is 8.74. The first-order valence-corrected chi connectivity index (χ1v) is 17.2. The van der Waals surface area contributed by atoms with Crippen molar-refractivity contribution in [2.45, 2.75) is 70.5 Å². The number of benzene rings is 3. The van der Waals surface area contributed by atoms with E-state index in [1.54, 1.807) is 30.3 Å². The van der Waals surface area contributed by atoms with Crippen molar-refractivity contribution in [2.24, 2.45) is 0 Å². The van der Waals surface area contributed by atoms with Crippen LogP contribution in [0.1, 0.15) is 62.1 Å². The van der Waals surface area contributed by atoms with Crippen LogP contribution in [-0.2, 0) is 32.6 Å². The van der Waals surface area contributed by atoms with E-state index in [9.17, 15) is 18.0 Å². The molecule has 0 aromatic heterocycles. The molecule has 10 heteroatoms. The lowest BCUT2D eigenvalue weighted by Gasteiger charge is -2.34. The molecule has 230 valence electrons. The van der Waals surface area contributed by atoms with Gasteiger partial charge in [0.2, 0.25) is 21.8 Å². The molecule has 4 rings (SSSR count). The van der Waals surface area contributed by atoms with E-state index in [1.165, 1.54) is 4.90 Å². The fourth-order valence-corrected chi connectivity index (χ4v) is 6.78. The van der Waals surface area contributed by atoms with Gasteiger partial charge in [-0.05, 0) is 54.2 Å². The van der Waals surface area contributed by atoms with Crippen molar-refractivity contribution < 1.29 is 18.0 Å². The molecule has 7 nitrogen and oxygen atoms in total. The smallest absolute Gasteiger partial charge is 0.244 e. The number of anilines is 1. The molecule has 3 aromatic carbocycles. The topological polar surface area (TPSA) is 86.8 Å². The highest BCUT2D eigenvalue weighted by Gasteiger charge is 2.35. The van der Waals surface area contributed by atoms with Crippen LogP contribution in [0, 0.1) is 0 Å². The summed E-state index contributed by atoms with van der Waals surface area (Å²) < 4.78 is 27.1. The molecule has 1 atom stereocenters. The second-order valence-corrected chi connectivity index (χ2v) is 14.2. The SMILES string of the molecule is CC(C)c1ccc(N(CC(=O)N(Cc2c(Cl)cccc2Cl)[C@@H](Cc2ccccc2)C(=O)NC2CCCC2)S(C)(=O)=O)cc1. The van der Waals surface area contributed by atoms with E-state index in [0.717, 1.165) is 47.4 Å². The van der Waals surface area contributed by atoms with Gasteiger partial charge in [0.1, 0.15) is 12.6 Å². The number of hydrogen-bond donors (Lipinski definition) is 1. The average molecular weight is 645 g/mol. The second-order valence-electron chi connectivity index (χ2n) is 11.4. The van der Waals surface area contributed by atoms with Crippen LogP contribution < -0.4 is 9.62 Å². The Labute approximate surface area is 265 Å². The van der Waals surface area contributed by atoms with E-state index in [0.29, 0.717) is 21.3 Å². The third-order valence-corrected chi connectivity index (χ3v) is 9.74. The Kier molecular flexibility index (Phi) is 11.2. The van der Waals surface area contributed by atoms with Crippen molar-refractivity contribution in [2.75, 3.05) is 17.1 Å². The summed E-state index contributed by atoms with van der Waals surface area (Å²) in [6, 6.07) is 20.7. The molecule has 0 saturated heterocycles. The summed E-state index contributed by atoms with van der Waals surface area (Å²) in [5.74, 6) is -0.577. The Morgan fingerprint density at radius 2 is 1.51 bits per heavy atom. The Morgan fingerprint density at radius 3 is 2.07 bits per heavy atom. The van der Waals surface area contributed by atoms with Crippen LogP contribution in [-0.4, -0.2) is 50.0 Å². The first-order valence-electron chi connectivity index (χ1n) is 14.6. The van der Waals surface area contributed by atoms with Gasteiger partial charge in [0.25, 0.3) is 0 Å². The quantitative estimate of drug-likeness (QED) is 0.241. The van der Waals surface area contributed by atoms with Gasteiger partial charge in [0.15, 0.2) is 0 Å². The number of amides is 2. The van der Waals surface area contributed by atoms with E-state index in [4.69, 9.17) is 23.2 Å². The van der Waals surface area contributed by atoms with Gasteiger partial charge in [0.05, 0.1) is 11.9 Å². The van der Waals surface area contributed by atoms with Gasteiger partial charge in [-0.1, -0.05) is 98.4 Å². The highest BCUT2D eigenvalue weighted by Crippen LogP contribution is 2.29. The van der Waals surface area contributed by atoms with Crippen molar-refractivity contribution in [3.63, 3.8) is 0 Å². The van der Waals surface area contributed by atoms with E-state index in [1.807, 2.05) is 56.3 Å². The Morgan fingerprint density at radius 1 is 0.907 bits per heavy atom. The second kappa shape index (κ2) is 14.6. The van der Waals surface area contributed by atoms with Gasteiger partial charge in [0, 0.05) is 34.6 Å². The molecule has 0 heterocycles. The summed E-state index contributed by atoms with van der Waals surface area (Å²) in [7, 11) is -3.86. The predicted molar refractivity (Wildman–Crippen MR) is 174 cm³/mol. The van der Waals surface area contributed by atoms with Gasteiger partial charge in [-0.25, -0.2) is 8.42 Å². The Hall–Kier alpha value is -3.07. The average Bonchev–Trinajstić information content (AvgIpc) is 3.48. The van der Waals surface area contributed by atoms with Crippen molar-refractivity contribution >= 4 is 50.7 Å². The molecular weight excluding hydrogens is 605 g/mol. The minimum absolute atomic E-state index is 0.0265. The molecule has 1 saturated carbocycles. The first kappa shape index (κ1) is 32.8. The fourth-order valence-electron chi connectivity index (χ4n) is 5.41. The summed E-state index contributed by atoms with van der Waals surface area (Å²) in [5.41, 5.74) is 2.76. The van der Waals surface area contributed by atoms with Crippen molar-refractivity contribution in [3.05, 3.63) is 99.5 Å². The monoisotopic (exact) mass is 643 g/mol. The van der Waals surface area contributed by atoms with Gasteiger partial charge in [-0.3, -0.25) is 13.9 Å². The lowest BCUT2D eigenvalue weighted by atomic mass is 10.0. The summed E-state index contributed by atoms with van der Waals surface area (Å²) >= 11 is 13.1. The lowest BCUT2D eigenvalue weighted by molar-refractivity contribution is -0.140. The predicted octanol–water partition coefficient (Wildman–Crippen LogP) is 6.58. The van der Waals surface area contributed by atoms with Crippen LogP contribution in [0.4, 0.5) is 5.69 Å². The summed E-state index contributed by atoms with van der Waals surface area (Å²) in [6.07, 6.45) is 5.12. The molecule has 43 heavy (non-hydrogen) atoms. The van der Waals surface area contributed by atoms with Crippen LogP contribution in [0.15, 0.2) is 72.8 Å². The molecule has 1 aliphatic rings. The number of nitrogens with zero attached hydrogens (tertiary/aromatic N) is 2. The van der Waals surface area contributed by atoms with E-state index < -0.39 is 28.5 Å². The zero-order chi connectivity index (χ0) is 31.1. The molecule has 1 fully saturated rings. The number of carbonyl (C=O) groups is 2. The Balaban J connectivity index is 1.75. The molecule has 0 spiro atoms. The highest BCUT2D eigenvalue weighted by molar-refractivity contribution is 7.92. The molecule has 1 N–H and O–H groups in total. The number of hydrogen-bond acceptors (Lipinski definition) is 4. The van der Waals surface area contributed by atoms with Gasteiger partial charge < -0.3 is 10.2 Å². The highest BCUT2D eigenvalue weighted by atomic mass is 35.5. The summed E-state index contributed by atoms with van der Waals surface area (Å²) in [5, 5.41) is 3.85. The van der Waals surface area contributed by atoms with Gasteiger partial charge in [-0.2, -0.15) is 0 Å². The number of halogens is 2.